The molecule has 0 aliphatic carbocycles. The Hall–Kier alpha value is -3.74. The highest BCUT2D eigenvalue weighted by Crippen LogP contribution is 2.20. The normalized spacial score (nSPS) is 14.7. The lowest BCUT2D eigenvalue weighted by Gasteiger charge is -2.31. The van der Waals surface area contributed by atoms with Crippen LogP contribution in [-0.2, 0) is 4.79 Å². The van der Waals surface area contributed by atoms with Crippen LogP contribution in [0.15, 0.2) is 60.7 Å². The third kappa shape index (κ3) is 6.53. The summed E-state index contributed by atoms with van der Waals surface area (Å²) in [6, 6.07) is 19.8. The first kappa shape index (κ1) is 26.3. The van der Waals surface area contributed by atoms with Crippen molar-refractivity contribution >= 4 is 17.6 Å². The van der Waals surface area contributed by atoms with Gasteiger partial charge in [0.2, 0.25) is 5.91 Å². The van der Waals surface area contributed by atoms with Crippen LogP contribution in [0.4, 0.5) is 5.82 Å². The van der Waals surface area contributed by atoms with Crippen LogP contribution in [-0.4, -0.2) is 70.6 Å². The lowest BCUT2D eigenvalue weighted by Crippen LogP contribution is -2.47. The molecule has 2 aromatic carbocycles. The van der Waals surface area contributed by atoms with Crippen molar-refractivity contribution in [1.82, 2.24) is 20.0 Å². The van der Waals surface area contributed by atoms with Gasteiger partial charge in [-0.3, -0.25) is 9.59 Å². The summed E-state index contributed by atoms with van der Waals surface area (Å²) in [6.45, 7) is 10.9. The average Bonchev–Trinajstić information content (AvgIpc) is 3.18. The van der Waals surface area contributed by atoms with Crippen LogP contribution in [0.2, 0.25) is 0 Å². The molecule has 0 radical (unpaired) electrons. The molecule has 2 heterocycles. The maximum atomic E-state index is 13.3. The van der Waals surface area contributed by atoms with E-state index in [0.29, 0.717) is 25.2 Å². The molecule has 0 bridgehead atoms. The molecule has 1 atom stereocenters. The molecule has 1 aliphatic rings. The van der Waals surface area contributed by atoms with Gasteiger partial charge < -0.3 is 14.7 Å². The van der Waals surface area contributed by atoms with E-state index in [0.717, 1.165) is 42.0 Å². The quantitative estimate of drug-likeness (QED) is 0.470. The number of rotatable bonds is 7. The van der Waals surface area contributed by atoms with Crippen LogP contribution in [0.5, 0.6) is 0 Å². The second-order valence-electron chi connectivity index (χ2n) is 9.92. The zero-order valence-electron chi connectivity index (χ0n) is 22.4. The fourth-order valence-corrected chi connectivity index (χ4v) is 4.52. The highest BCUT2D eigenvalue weighted by Gasteiger charge is 2.27. The molecule has 1 aromatic heterocycles. The van der Waals surface area contributed by atoms with Crippen molar-refractivity contribution in [1.29, 1.82) is 0 Å². The number of hydrogen-bond donors (Lipinski definition) is 0. The number of aromatic nitrogens is 2. The first-order valence-electron chi connectivity index (χ1n) is 13.2. The molecule has 1 saturated heterocycles. The third-order valence-electron chi connectivity index (χ3n) is 7.16. The van der Waals surface area contributed by atoms with Gasteiger partial charge in [0.15, 0.2) is 5.82 Å². The van der Waals surface area contributed by atoms with Crippen molar-refractivity contribution in [3.05, 3.63) is 77.4 Å². The Bertz CT molecular complexity index is 1190. The number of amides is 2. The number of hydrogen-bond acceptors (Lipinski definition) is 5. The Balaban J connectivity index is 1.39. The van der Waals surface area contributed by atoms with Crippen molar-refractivity contribution in [2.24, 2.45) is 0 Å². The van der Waals surface area contributed by atoms with E-state index in [2.05, 4.69) is 46.3 Å². The van der Waals surface area contributed by atoms with Crippen molar-refractivity contribution in [2.75, 3.05) is 37.6 Å². The van der Waals surface area contributed by atoms with E-state index in [-0.39, 0.29) is 24.4 Å². The maximum Gasteiger partial charge on any atom is 0.254 e. The van der Waals surface area contributed by atoms with Gasteiger partial charge in [-0.1, -0.05) is 54.4 Å². The Morgan fingerprint density at radius 2 is 1.54 bits per heavy atom. The lowest BCUT2D eigenvalue weighted by molar-refractivity contribution is -0.132. The Morgan fingerprint density at radius 1 is 0.865 bits per heavy atom. The van der Waals surface area contributed by atoms with Crippen molar-refractivity contribution in [2.45, 2.75) is 46.6 Å². The van der Waals surface area contributed by atoms with Gasteiger partial charge in [-0.25, -0.2) is 0 Å². The molecule has 0 saturated carbocycles. The highest BCUT2D eigenvalue weighted by atomic mass is 16.2. The molecule has 37 heavy (non-hydrogen) atoms. The Morgan fingerprint density at radius 3 is 2.16 bits per heavy atom. The SMILES string of the molecule is CCC(C)N(CC(=O)N1CCCN(c2ccc(-c3ccc(C)cc3)nn2)CC1)C(=O)c1ccc(C)cc1. The second kappa shape index (κ2) is 12.0. The van der Waals surface area contributed by atoms with Crippen LogP contribution in [0.25, 0.3) is 11.3 Å². The van der Waals surface area contributed by atoms with Crippen LogP contribution in [0.3, 0.4) is 0 Å². The summed E-state index contributed by atoms with van der Waals surface area (Å²) in [5, 5.41) is 8.92. The summed E-state index contributed by atoms with van der Waals surface area (Å²) in [7, 11) is 0. The summed E-state index contributed by atoms with van der Waals surface area (Å²) < 4.78 is 0. The molecule has 1 fully saturated rings. The van der Waals surface area contributed by atoms with Gasteiger partial charge in [0.1, 0.15) is 6.54 Å². The number of benzene rings is 2. The van der Waals surface area contributed by atoms with E-state index in [1.54, 1.807) is 4.90 Å². The molecule has 1 aliphatic heterocycles. The predicted molar refractivity (Wildman–Crippen MR) is 148 cm³/mol. The third-order valence-corrected chi connectivity index (χ3v) is 7.16. The van der Waals surface area contributed by atoms with Gasteiger partial charge in [-0.05, 0) is 57.9 Å². The van der Waals surface area contributed by atoms with E-state index in [4.69, 9.17) is 0 Å². The number of anilines is 1. The van der Waals surface area contributed by atoms with Crippen LogP contribution < -0.4 is 4.90 Å². The first-order chi connectivity index (χ1) is 17.9. The van der Waals surface area contributed by atoms with Gasteiger partial charge in [0.25, 0.3) is 5.91 Å². The zero-order valence-corrected chi connectivity index (χ0v) is 22.4. The standard InChI is InChI=1S/C30H37N5O2/c1-5-24(4)35(30(37)26-13-9-23(3)10-14-26)21-29(36)34-18-6-17-33(19-20-34)28-16-15-27(31-32-28)25-11-7-22(2)8-12-25/h7-16,24H,5-6,17-21H2,1-4H3. The maximum absolute atomic E-state index is 13.3. The molecule has 7 nitrogen and oxygen atoms in total. The minimum absolute atomic E-state index is 0.0107. The summed E-state index contributed by atoms with van der Waals surface area (Å²) >= 11 is 0. The molecule has 7 heteroatoms. The largest absolute Gasteiger partial charge is 0.353 e. The topological polar surface area (TPSA) is 69.6 Å². The average molecular weight is 500 g/mol. The number of carbonyl (C=O) groups is 2. The Labute approximate surface area is 220 Å². The lowest BCUT2D eigenvalue weighted by atomic mass is 10.1. The molecule has 1 unspecified atom stereocenters. The van der Waals surface area contributed by atoms with E-state index >= 15 is 0 Å². The summed E-state index contributed by atoms with van der Waals surface area (Å²) in [4.78, 5) is 32.4. The van der Waals surface area contributed by atoms with E-state index in [1.165, 1.54) is 5.56 Å². The molecule has 0 N–H and O–H groups in total. The van der Waals surface area contributed by atoms with Crippen LogP contribution in [0.1, 0.15) is 48.2 Å². The van der Waals surface area contributed by atoms with Gasteiger partial charge >= 0.3 is 0 Å². The summed E-state index contributed by atoms with van der Waals surface area (Å²) in [5.41, 5.74) is 4.82. The van der Waals surface area contributed by atoms with Crippen molar-refractivity contribution in [3.63, 3.8) is 0 Å². The van der Waals surface area contributed by atoms with E-state index in [9.17, 15) is 9.59 Å². The van der Waals surface area contributed by atoms with Crippen LogP contribution >= 0.6 is 0 Å². The fraction of sp³-hybridized carbons (Fsp3) is 0.400. The van der Waals surface area contributed by atoms with E-state index in [1.807, 2.05) is 62.1 Å². The van der Waals surface area contributed by atoms with Crippen molar-refractivity contribution in [3.8, 4) is 11.3 Å². The molecule has 2 amide bonds. The summed E-state index contributed by atoms with van der Waals surface area (Å²) in [6.07, 6.45) is 1.62. The second-order valence-corrected chi connectivity index (χ2v) is 9.92. The van der Waals surface area contributed by atoms with E-state index < -0.39 is 0 Å². The molecular formula is C30H37N5O2. The van der Waals surface area contributed by atoms with Crippen LogP contribution in [0, 0.1) is 13.8 Å². The number of nitrogens with zero attached hydrogens (tertiary/aromatic N) is 5. The minimum Gasteiger partial charge on any atom is -0.353 e. The molecule has 0 spiro atoms. The van der Waals surface area contributed by atoms with Gasteiger partial charge in [-0.2, -0.15) is 0 Å². The fourth-order valence-electron chi connectivity index (χ4n) is 4.52. The highest BCUT2D eigenvalue weighted by molar-refractivity contribution is 5.96. The molecular weight excluding hydrogens is 462 g/mol. The molecule has 3 aromatic rings. The summed E-state index contributed by atoms with van der Waals surface area (Å²) in [5.74, 6) is 0.715. The zero-order chi connectivity index (χ0) is 26.4. The minimum atomic E-state index is -0.0944. The van der Waals surface area contributed by atoms with Crippen molar-refractivity contribution < 1.29 is 9.59 Å². The number of aryl methyl sites for hydroxylation is 2. The Kier molecular flexibility index (Phi) is 8.54. The molecule has 4 rings (SSSR count). The van der Waals surface area contributed by atoms with Gasteiger partial charge in [0, 0.05) is 43.3 Å². The van der Waals surface area contributed by atoms with Gasteiger partial charge in [0.05, 0.1) is 5.69 Å². The monoisotopic (exact) mass is 499 g/mol. The predicted octanol–water partition coefficient (Wildman–Crippen LogP) is 4.74. The first-order valence-corrected chi connectivity index (χ1v) is 13.2. The molecule has 194 valence electrons. The van der Waals surface area contributed by atoms with Gasteiger partial charge in [-0.15, -0.1) is 10.2 Å². The number of carbonyl (C=O) groups excluding carboxylic acids is 2. The smallest absolute Gasteiger partial charge is 0.254 e.